The first kappa shape index (κ1) is 15.9. The van der Waals surface area contributed by atoms with Crippen molar-refractivity contribution in [2.45, 2.75) is 52.9 Å². The zero-order valence-electron chi connectivity index (χ0n) is 12.9. The van der Waals surface area contributed by atoms with Gasteiger partial charge in [-0.2, -0.15) is 0 Å². The van der Waals surface area contributed by atoms with E-state index in [4.69, 9.17) is 4.98 Å². The van der Waals surface area contributed by atoms with E-state index in [1.165, 1.54) is 16.1 Å². The van der Waals surface area contributed by atoms with Crippen molar-refractivity contribution in [3.8, 4) is 0 Å². The van der Waals surface area contributed by atoms with Gasteiger partial charge in [0.2, 0.25) is 0 Å². The van der Waals surface area contributed by atoms with Crippen molar-refractivity contribution in [1.29, 1.82) is 0 Å². The number of hydrogen-bond donors (Lipinski definition) is 0. The molecule has 0 fully saturated rings. The second kappa shape index (κ2) is 6.33. The SMILES string of the molecule is C=C/C=C\C=C(/C)c1nc(C(C)C)c(C(C)(C)C)s1. The van der Waals surface area contributed by atoms with Gasteiger partial charge < -0.3 is 0 Å². The van der Waals surface area contributed by atoms with E-state index < -0.39 is 0 Å². The molecule has 0 saturated heterocycles. The number of aromatic nitrogens is 1. The summed E-state index contributed by atoms with van der Waals surface area (Å²) in [7, 11) is 0. The Hall–Kier alpha value is -1.15. The molecule has 0 radical (unpaired) electrons. The Labute approximate surface area is 121 Å². The molecule has 0 spiro atoms. The molecule has 1 nitrogen and oxygen atoms in total. The highest BCUT2D eigenvalue weighted by Crippen LogP contribution is 2.37. The molecule has 1 heterocycles. The van der Waals surface area contributed by atoms with E-state index in [9.17, 15) is 0 Å². The highest BCUT2D eigenvalue weighted by Gasteiger charge is 2.24. The molecule has 0 N–H and O–H groups in total. The molecule has 0 aliphatic rings. The van der Waals surface area contributed by atoms with E-state index in [0.29, 0.717) is 5.92 Å². The third-order valence-corrected chi connectivity index (χ3v) is 4.44. The maximum Gasteiger partial charge on any atom is 0.119 e. The summed E-state index contributed by atoms with van der Waals surface area (Å²) in [5.74, 6) is 0.468. The number of nitrogens with zero attached hydrogens (tertiary/aromatic N) is 1. The summed E-state index contributed by atoms with van der Waals surface area (Å²) in [5, 5.41) is 1.13. The summed E-state index contributed by atoms with van der Waals surface area (Å²) in [6.07, 6.45) is 7.82. The van der Waals surface area contributed by atoms with Crippen molar-refractivity contribution in [3.05, 3.63) is 46.5 Å². The fourth-order valence-corrected chi connectivity index (χ4v) is 3.04. The highest BCUT2D eigenvalue weighted by atomic mass is 32.1. The Morgan fingerprint density at radius 2 is 1.89 bits per heavy atom. The second-order valence-corrected chi connectivity index (χ2v) is 7.11. The molecule has 2 heteroatoms. The lowest BCUT2D eigenvalue weighted by Crippen LogP contribution is -2.12. The molecule has 1 rings (SSSR count). The van der Waals surface area contributed by atoms with E-state index >= 15 is 0 Å². The van der Waals surface area contributed by atoms with Crippen molar-refractivity contribution in [2.75, 3.05) is 0 Å². The van der Waals surface area contributed by atoms with Gasteiger partial charge in [0.05, 0.1) is 5.69 Å². The molecular formula is C17H25NS. The predicted octanol–water partition coefficient (Wildman–Crippen LogP) is 5.71. The quantitative estimate of drug-likeness (QED) is 0.641. The van der Waals surface area contributed by atoms with Crippen LogP contribution in [0.4, 0.5) is 0 Å². The lowest BCUT2D eigenvalue weighted by atomic mass is 9.90. The van der Waals surface area contributed by atoms with Crippen LogP contribution >= 0.6 is 11.3 Å². The molecule has 0 atom stereocenters. The fraction of sp³-hybridized carbons (Fsp3) is 0.471. The van der Waals surface area contributed by atoms with E-state index in [-0.39, 0.29) is 5.41 Å². The Morgan fingerprint density at radius 1 is 1.26 bits per heavy atom. The summed E-state index contributed by atoms with van der Waals surface area (Å²) in [4.78, 5) is 6.25. The maximum atomic E-state index is 4.85. The van der Waals surface area contributed by atoms with E-state index in [0.717, 1.165) is 5.01 Å². The molecule has 0 amide bonds. The van der Waals surface area contributed by atoms with Gasteiger partial charge in [0.1, 0.15) is 5.01 Å². The smallest absolute Gasteiger partial charge is 0.119 e. The number of allylic oxidation sites excluding steroid dienone is 5. The normalized spacial score (nSPS) is 13.5. The molecule has 1 aromatic rings. The lowest BCUT2D eigenvalue weighted by Gasteiger charge is -2.19. The molecule has 0 aromatic carbocycles. The van der Waals surface area contributed by atoms with Crippen molar-refractivity contribution >= 4 is 16.9 Å². The van der Waals surface area contributed by atoms with Gasteiger partial charge in [-0.25, -0.2) is 4.98 Å². The lowest BCUT2D eigenvalue weighted by molar-refractivity contribution is 0.587. The minimum Gasteiger partial charge on any atom is -0.241 e. The van der Waals surface area contributed by atoms with Gasteiger partial charge in [-0.15, -0.1) is 11.3 Å². The van der Waals surface area contributed by atoms with Crippen molar-refractivity contribution in [3.63, 3.8) is 0 Å². The van der Waals surface area contributed by atoms with E-state index in [1.807, 2.05) is 23.5 Å². The first-order valence-electron chi connectivity index (χ1n) is 6.75. The van der Waals surface area contributed by atoms with Gasteiger partial charge in [-0.3, -0.25) is 0 Å². The zero-order chi connectivity index (χ0) is 14.6. The van der Waals surface area contributed by atoms with Gasteiger partial charge in [0.25, 0.3) is 0 Å². The summed E-state index contributed by atoms with van der Waals surface area (Å²) in [5.41, 5.74) is 2.61. The van der Waals surface area contributed by atoms with Crippen LogP contribution in [0, 0.1) is 0 Å². The van der Waals surface area contributed by atoms with Crippen LogP contribution in [0.1, 0.15) is 63.0 Å². The van der Waals surface area contributed by atoms with Crippen molar-refractivity contribution in [2.24, 2.45) is 0 Å². The van der Waals surface area contributed by atoms with Crippen LogP contribution in [-0.4, -0.2) is 4.98 Å². The third-order valence-electron chi connectivity index (χ3n) is 2.81. The summed E-state index contributed by atoms with van der Waals surface area (Å²) in [6, 6.07) is 0. The molecule has 1 aromatic heterocycles. The fourth-order valence-electron chi connectivity index (χ4n) is 1.78. The largest absolute Gasteiger partial charge is 0.241 e. The molecule has 104 valence electrons. The monoisotopic (exact) mass is 275 g/mol. The van der Waals surface area contributed by atoms with E-state index in [1.54, 1.807) is 6.08 Å². The first-order valence-corrected chi connectivity index (χ1v) is 7.56. The molecule has 0 bridgehead atoms. The standard InChI is InChI=1S/C17H25NS/c1-8-9-10-11-13(4)16-18-14(12(2)3)15(19-16)17(5,6)7/h8-12H,1H2,2-7H3/b10-9-,13-11+. The van der Waals surface area contributed by atoms with Gasteiger partial charge in [0.15, 0.2) is 0 Å². The minimum absolute atomic E-state index is 0.159. The number of hydrogen-bond acceptors (Lipinski definition) is 2. The summed E-state index contributed by atoms with van der Waals surface area (Å²) < 4.78 is 0. The predicted molar refractivity (Wildman–Crippen MR) is 87.9 cm³/mol. The first-order chi connectivity index (χ1) is 8.77. The van der Waals surface area contributed by atoms with Crippen LogP contribution < -0.4 is 0 Å². The number of rotatable bonds is 4. The van der Waals surface area contributed by atoms with Gasteiger partial charge >= 0.3 is 0 Å². The summed E-state index contributed by atoms with van der Waals surface area (Å²) >= 11 is 1.82. The third kappa shape index (κ3) is 4.17. The molecule has 19 heavy (non-hydrogen) atoms. The Kier molecular flexibility index (Phi) is 5.30. The van der Waals surface area contributed by atoms with Crippen LogP contribution in [0.2, 0.25) is 0 Å². The average Bonchev–Trinajstić information content (AvgIpc) is 2.73. The minimum atomic E-state index is 0.159. The van der Waals surface area contributed by atoms with Crippen LogP contribution in [0.3, 0.4) is 0 Å². The number of thiazole rings is 1. The maximum absolute atomic E-state index is 4.85. The topological polar surface area (TPSA) is 12.9 Å². The van der Waals surface area contributed by atoms with Gasteiger partial charge in [-0.05, 0) is 23.8 Å². The molecule has 0 aliphatic carbocycles. The van der Waals surface area contributed by atoms with E-state index in [2.05, 4.69) is 54.2 Å². The van der Waals surface area contributed by atoms with Crippen LogP contribution in [0.15, 0.2) is 30.9 Å². The zero-order valence-corrected chi connectivity index (χ0v) is 13.8. The van der Waals surface area contributed by atoms with Crippen LogP contribution in [0.25, 0.3) is 5.57 Å². The van der Waals surface area contributed by atoms with Gasteiger partial charge in [-0.1, -0.05) is 65.5 Å². The Morgan fingerprint density at radius 3 is 2.32 bits per heavy atom. The molecule has 0 saturated carbocycles. The van der Waals surface area contributed by atoms with Crippen molar-refractivity contribution in [1.82, 2.24) is 4.98 Å². The Balaban J connectivity index is 3.22. The van der Waals surface area contributed by atoms with Crippen molar-refractivity contribution < 1.29 is 0 Å². The van der Waals surface area contributed by atoms with Crippen LogP contribution in [0.5, 0.6) is 0 Å². The second-order valence-electron chi connectivity index (χ2n) is 6.11. The Bertz CT molecular complexity index is 496. The molecule has 0 unspecified atom stereocenters. The molecule has 0 aliphatic heterocycles. The van der Waals surface area contributed by atoms with Crippen LogP contribution in [-0.2, 0) is 5.41 Å². The van der Waals surface area contributed by atoms with Gasteiger partial charge in [0, 0.05) is 4.88 Å². The average molecular weight is 275 g/mol. The highest BCUT2D eigenvalue weighted by molar-refractivity contribution is 7.13. The summed E-state index contributed by atoms with van der Waals surface area (Å²) in [6.45, 7) is 17.0. The molecular weight excluding hydrogens is 250 g/mol.